The molecule has 2 saturated heterocycles. The number of hydrogen-bond donors (Lipinski definition) is 0. The highest BCUT2D eigenvalue weighted by atomic mass is 32.2. The Balaban J connectivity index is 1.44. The molecule has 1 amide bonds. The van der Waals surface area contributed by atoms with Crippen LogP contribution in [0, 0.1) is 6.92 Å². The molecular formula is C22H26N2O5S. The summed E-state index contributed by atoms with van der Waals surface area (Å²) in [6.07, 6.45) is -0.423. The summed E-state index contributed by atoms with van der Waals surface area (Å²) >= 11 is 0. The topological polar surface area (TPSA) is 76.2 Å². The van der Waals surface area contributed by atoms with E-state index in [-0.39, 0.29) is 42.5 Å². The molecule has 2 aromatic carbocycles. The van der Waals surface area contributed by atoms with E-state index in [2.05, 4.69) is 0 Å². The van der Waals surface area contributed by atoms with Gasteiger partial charge in [0.1, 0.15) is 5.75 Å². The molecule has 7 nitrogen and oxygen atoms in total. The van der Waals surface area contributed by atoms with Gasteiger partial charge in [0.25, 0.3) is 0 Å². The Labute approximate surface area is 177 Å². The Bertz CT molecular complexity index is 1010. The van der Waals surface area contributed by atoms with Gasteiger partial charge in [-0.05, 0) is 25.1 Å². The molecule has 0 radical (unpaired) electrons. The van der Waals surface area contributed by atoms with Crippen LogP contribution in [-0.4, -0.2) is 69.0 Å². The lowest BCUT2D eigenvalue weighted by atomic mass is 10.1. The van der Waals surface area contributed by atoms with Crippen LogP contribution in [0.25, 0.3) is 0 Å². The fourth-order valence-corrected chi connectivity index (χ4v) is 5.54. The molecule has 2 heterocycles. The minimum Gasteiger partial charge on any atom is -0.496 e. The summed E-state index contributed by atoms with van der Waals surface area (Å²) in [5, 5.41) is 0. The average Bonchev–Trinajstić information content (AvgIpc) is 2.73. The average molecular weight is 431 g/mol. The van der Waals surface area contributed by atoms with Crippen LogP contribution in [0.5, 0.6) is 5.75 Å². The number of methoxy groups -OCH3 is 1. The molecule has 160 valence electrons. The molecule has 0 N–H and O–H groups in total. The Morgan fingerprint density at radius 3 is 2.30 bits per heavy atom. The van der Waals surface area contributed by atoms with Gasteiger partial charge in [-0.1, -0.05) is 35.9 Å². The summed E-state index contributed by atoms with van der Waals surface area (Å²) in [4.78, 5) is 14.9. The SMILES string of the molecule is COc1ccccc1CC(=O)N1C[C@@H]2CN(S(=O)(=O)c3ccc(C)cc3)C[C@H](C1)O2. The van der Waals surface area contributed by atoms with E-state index in [0.29, 0.717) is 18.8 Å². The zero-order chi connectivity index (χ0) is 21.3. The highest BCUT2D eigenvalue weighted by molar-refractivity contribution is 7.89. The summed E-state index contributed by atoms with van der Waals surface area (Å²) in [5.74, 6) is 0.683. The van der Waals surface area contributed by atoms with Crippen LogP contribution in [0.1, 0.15) is 11.1 Å². The second-order valence-electron chi connectivity index (χ2n) is 7.80. The molecule has 0 saturated carbocycles. The van der Waals surface area contributed by atoms with Crippen molar-refractivity contribution < 1.29 is 22.7 Å². The lowest BCUT2D eigenvalue weighted by Gasteiger charge is -2.45. The van der Waals surface area contributed by atoms with E-state index < -0.39 is 10.0 Å². The molecule has 2 atom stereocenters. The normalized spacial score (nSPS) is 22.0. The molecule has 0 aromatic heterocycles. The van der Waals surface area contributed by atoms with E-state index in [9.17, 15) is 13.2 Å². The first kappa shape index (κ1) is 20.8. The Kier molecular flexibility index (Phi) is 5.81. The number of para-hydroxylation sites is 1. The highest BCUT2D eigenvalue weighted by Crippen LogP contribution is 2.26. The van der Waals surface area contributed by atoms with E-state index >= 15 is 0 Å². The summed E-state index contributed by atoms with van der Waals surface area (Å²) in [7, 11) is -1.99. The second-order valence-corrected chi connectivity index (χ2v) is 9.74. The van der Waals surface area contributed by atoms with Crippen LogP contribution >= 0.6 is 0 Å². The number of hydrogen-bond acceptors (Lipinski definition) is 5. The van der Waals surface area contributed by atoms with Crippen molar-refractivity contribution in [1.29, 1.82) is 0 Å². The van der Waals surface area contributed by atoms with Crippen molar-refractivity contribution in [2.24, 2.45) is 0 Å². The maximum absolute atomic E-state index is 13.0. The fourth-order valence-electron chi connectivity index (χ4n) is 4.04. The van der Waals surface area contributed by atoms with Gasteiger partial charge in [0, 0.05) is 31.7 Å². The molecule has 0 spiro atoms. The van der Waals surface area contributed by atoms with E-state index in [0.717, 1.165) is 11.1 Å². The van der Waals surface area contributed by atoms with Crippen LogP contribution in [0.4, 0.5) is 0 Å². The van der Waals surface area contributed by atoms with Crippen molar-refractivity contribution in [3.8, 4) is 5.75 Å². The zero-order valence-electron chi connectivity index (χ0n) is 17.2. The fraction of sp³-hybridized carbons (Fsp3) is 0.409. The van der Waals surface area contributed by atoms with Crippen molar-refractivity contribution in [2.75, 3.05) is 33.3 Å². The molecule has 4 rings (SSSR count). The number of benzene rings is 2. The number of fused-ring (bicyclic) bond motifs is 2. The Hall–Kier alpha value is -2.42. The maximum atomic E-state index is 13.0. The molecule has 8 heteroatoms. The number of aryl methyl sites for hydroxylation is 1. The maximum Gasteiger partial charge on any atom is 0.243 e. The van der Waals surface area contributed by atoms with Gasteiger partial charge >= 0.3 is 0 Å². The molecule has 2 aliphatic heterocycles. The number of carbonyl (C=O) groups excluding carboxylic acids is 1. The van der Waals surface area contributed by atoms with Gasteiger partial charge < -0.3 is 14.4 Å². The molecule has 2 bridgehead atoms. The first-order valence-electron chi connectivity index (χ1n) is 9.99. The second kappa shape index (κ2) is 8.37. The third-order valence-corrected chi connectivity index (χ3v) is 7.44. The van der Waals surface area contributed by atoms with E-state index in [1.54, 1.807) is 36.3 Å². The first-order chi connectivity index (χ1) is 14.4. The molecule has 0 unspecified atom stereocenters. The molecular weight excluding hydrogens is 404 g/mol. The number of amides is 1. The van der Waals surface area contributed by atoms with E-state index in [1.165, 1.54) is 4.31 Å². The van der Waals surface area contributed by atoms with Crippen LogP contribution in [0.2, 0.25) is 0 Å². The van der Waals surface area contributed by atoms with E-state index in [1.807, 2.05) is 31.2 Å². The van der Waals surface area contributed by atoms with Gasteiger partial charge in [-0.3, -0.25) is 4.79 Å². The first-order valence-corrected chi connectivity index (χ1v) is 11.4. The van der Waals surface area contributed by atoms with Gasteiger partial charge in [-0.15, -0.1) is 0 Å². The minimum atomic E-state index is -3.58. The lowest BCUT2D eigenvalue weighted by molar-refractivity contribution is -0.153. The lowest BCUT2D eigenvalue weighted by Crippen LogP contribution is -2.61. The van der Waals surface area contributed by atoms with Crippen molar-refractivity contribution in [2.45, 2.75) is 30.4 Å². The number of nitrogens with zero attached hydrogens (tertiary/aromatic N) is 2. The van der Waals surface area contributed by atoms with Gasteiger partial charge in [0.15, 0.2) is 0 Å². The zero-order valence-corrected chi connectivity index (χ0v) is 18.0. The van der Waals surface area contributed by atoms with Crippen molar-refractivity contribution in [1.82, 2.24) is 9.21 Å². The molecule has 2 fully saturated rings. The standard InChI is InChI=1S/C22H26N2O5S/c1-16-7-9-20(10-8-16)30(26,27)24-14-18-12-23(13-19(15-24)29-18)22(25)11-17-5-3-4-6-21(17)28-2/h3-10,18-19H,11-15H2,1-2H3/t18-,19+. The highest BCUT2D eigenvalue weighted by Gasteiger charge is 2.41. The summed E-state index contributed by atoms with van der Waals surface area (Å²) in [5.41, 5.74) is 1.85. The summed E-state index contributed by atoms with van der Waals surface area (Å²) in [6, 6.07) is 14.3. The van der Waals surface area contributed by atoms with Gasteiger partial charge in [0.05, 0.1) is 30.6 Å². The predicted molar refractivity (Wildman–Crippen MR) is 112 cm³/mol. The number of sulfonamides is 1. The number of ether oxygens (including phenoxy) is 2. The summed E-state index contributed by atoms with van der Waals surface area (Å²) in [6.45, 7) is 3.16. The van der Waals surface area contributed by atoms with Crippen LogP contribution in [0.3, 0.4) is 0 Å². The third kappa shape index (κ3) is 4.21. The predicted octanol–water partition coefficient (Wildman–Crippen LogP) is 1.85. The van der Waals surface area contributed by atoms with Crippen LogP contribution in [-0.2, 0) is 26.0 Å². The van der Waals surface area contributed by atoms with Crippen molar-refractivity contribution in [3.05, 3.63) is 59.7 Å². The third-order valence-electron chi connectivity index (χ3n) is 5.59. The molecule has 2 aromatic rings. The largest absolute Gasteiger partial charge is 0.496 e. The Morgan fingerprint density at radius 2 is 1.67 bits per heavy atom. The smallest absolute Gasteiger partial charge is 0.243 e. The van der Waals surface area contributed by atoms with Crippen molar-refractivity contribution in [3.63, 3.8) is 0 Å². The van der Waals surface area contributed by atoms with E-state index in [4.69, 9.17) is 9.47 Å². The monoisotopic (exact) mass is 430 g/mol. The van der Waals surface area contributed by atoms with Crippen molar-refractivity contribution >= 4 is 15.9 Å². The van der Waals surface area contributed by atoms with Gasteiger partial charge in [-0.2, -0.15) is 4.31 Å². The molecule has 30 heavy (non-hydrogen) atoms. The number of carbonyl (C=O) groups is 1. The Morgan fingerprint density at radius 1 is 1.03 bits per heavy atom. The van der Waals surface area contributed by atoms with Gasteiger partial charge in [-0.25, -0.2) is 8.42 Å². The minimum absolute atomic E-state index is 0.00681. The molecule has 0 aliphatic carbocycles. The number of rotatable bonds is 5. The summed E-state index contributed by atoms with van der Waals surface area (Å²) < 4.78 is 38.8. The molecule has 2 aliphatic rings. The number of morpholine rings is 2. The quantitative estimate of drug-likeness (QED) is 0.724. The van der Waals surface area contributed by atoms with Crippen LogP contribution < -0.4 is 4.74 Å². The van der Waals surface area contributed by atoms with Gasteiger partial charge in [0.2, 0.25) is 15.9 Å². The van der Waals surface area contributed by atoms with Crippen LogP contribution in [0.15, 0.2) is 53.4 Å².